The van der Waals surface area contributed by atoms with Crippen LogP contribution in [0.25, 0.3) is 16.7 Å². The van der Waals surface area contributed by atoms with E-state index in [1.807, 2.05) is 51.1 Å². The molecular weight excluding hydrogens is 450 g/mol. The van der Waals surface area contributed by atoms with E-state index in [-0.39, 0.29) is 23.9 Å². The molecule has 0 aliphatic carbocycles. The lowest BCUT2D eigenvalue weighted by Gasteiger charge is -2.15. The first kappa shape index (κ1) is 22.2. The second-order valence-electron chi connectivity index (χ2n) is 8.57. The van der Waals surface area contributed by atoms with E-state index in [4.69, 9.17) is 9.72 Å². The third-order valence-corrected chi connectivity index (χ3v) is 7.10. The Morgan fingerprint density at radius 1 is 1.18 bits per heavy atom. The first-order valence-electron chi connectivity index (χ1n) is 11.0. The molecule has 0 spiro atoms. The average Bonchev–Trinajstić information content (AvgIpc) is 3.39. The Bertz CT molecular complexity index is 1490. The van der Waals surface area contributed by atoms with Gasteiger partial charge in [-0.15, -0.1) is 0 Å². The standard InChI is InChI=1S/C25H25N5O3S/c1-14-5-7-20(16(3)9-14)30-23-18(12-26-30)24(32)29-17(13-34-25(29)28-23)11-22(31)27-19-10-15(2)6-8-21(19)33-4/h5-10,12,17H,11,13H2,1-4H3,(H,27,31). The monoisotopic (exact) mass is 475 g/mol. The number of methoxy groups -OCH3 is 1. The molecule has 0 bridgehead atoms. The number of nitrogens with one attached hydrogen (secondary N) is 1. The molecule has 1 amide bonds. The number of carbonyl (C=O) groups is 1. The number of hydrogen-bond acceptors (Lipinski definition) is 6. The summed E-state index contributed by atoms with van der Waals surface area (Å²) in [7, 11) is 1.57. The molecule has 1 atom stereocenters. The van der Waals surface area contributed by atoms with E-state index in [1.54, 1.807) is 22.6 Å². The van der Waals surface area contributed by atoms with Crippen LogP contribution in [0.2, 0.25) is 0 Å². The van der Waals surface area contributed by atoms with Crippen LogP contribution in [-0.2, 0) is 4.79 Å². The van der Waals surface area contributed by atoms with Gasteiger partial charge in [-0.3, -0.25) is 14.2 Å². The van der Waals surface area contributed by atoms with Crippen LogP contribution >= 0.6 is 11.8 Å². The molecule has 0 radical (unpaired) electrons. The number of aromatic nitrogens is 4. The summed E-state index contributed by atoms with van der Waals surface area (Å²) in [6.07, 6.45) is 1.73. The highest BCUT2D eigenvalue weighted by Crippen LogP contribution is 2.34. The molecule has 34 heavy (non-hydrogen) atoms. The summed E-state index contributed by atoms with van der Waals surface area (Å²) in [6, 6.07) is 11.4. The summed E-state index contributed by atoms with van der Waals surface area (Å²) in [5.74, 6) is 1.02. The Hall–Kier alpha value is -3.59. The first-order chi connectivity index (χ1) is 16.4. The van der Waals surface area contributed by atoms with Crippen LogP contribution in [-0.4, -0.2) is 38.1 Å². The molecular formula is C25H25N5O3S. The van der Waals surface area contributed by atoms with Crippen molar-refractivity contribution in [2.45, 2.75) is 38.4 Å². The lowest BCUT2D eigenvalue weighted by atomic mass is 10.1. The molecule has 0 saturated carbocycles. The van der Waals surface area contributed by atoms with Crippen molar-refractivity contribution >= 4 is 34.4 Å². The molecule has 1 N–H and O–H groups in total. The number of fused-ring (bicyclic) bond motifs is 2. The number of aryl methyl sites for hydroxylation is 3. The van der Waals surface area contributed by atoms with Gasteiger partial charge >= 0.3 is 0 Å². The molecule has 0 saturated heterocycles. The summed E-state index contributed by atoms with van der Waals surface area (Å²) in [5.41, 5.74) is 5.10. The quantitative estimate of drug-likeness (QED) is 0.435. The molecule has 174 valence electrons. The highest BCUT2D eigenvalue weighted by atomic mass is 32.2. The van der Waals surface area contributed by atoms with Gasteiger partial charge in [-0.2, -0.15) is 5.10 Å². The number of ether oxygens (including phenoxy) is 1. The highest BCUT2D eigenvalue weighted by molar-refractivity contribution is 7.99. The molecule has 0 fully saturated rings. The number of anilines is 1. The molecule has 3 heterocycles. The summed E-state index contributed by atoms with van der Waals surface area (Å²) in [4.78, 5) is 31.0. The van der Waals surface area contributed by atoms with Crippen molar-refractivity contribution in [1.29, 1.82) is 0 Å². The smallest absolute Gasteiger partial charge is 0.265 e. The Morgan fingerprint density at radius 3 is 2.71 bits per heavy atom. The Morgan fingerprint density at radius 2 is 1.94 bits per heavy atom. The number of benzene rings is 2. The van der Waals surface area contributed by atoms with Crippen molar-refractivity contribution in [3.05, 3.63) is 69.6 Å². The van der Waals surface area contributed by atoms with Gasteiger partial charge in [0, 0.05) is 12.2 Å². The maximum Gasteiger partial charge on any atom is 0.265 e. The molecule has 5 rings (SSSR count). The summed E-state index contributed by atoms with van der Waals surface area (Å²) < 4.78 is 8.71. The normalized spacial score (nSPS) is 14.9. The van der Waals surface area contributed by atoms with Crippen LogP contribution in [0.3, 0.4) is 0 Å². The van der Waals surface area contributed by atoms with Gasteiger partial charge in [0.2, 0.25) is 5.91 Å². The maximum absolute atomic E-state index is 13.4. The topological polar surface area (TPSA) is 91.0 Å². The number of carbonyl (C=O) groups excluding carboxylic acids is 1. The van der Waals surface area contributed by atoms with E-state index in [1.165, 1.54) is 11.8 Å². The highest BCUT2D eigenvalue weighted by Gasteiger charge is 2.30. The zero-order valence-corrected chi connectivity index (χ0v) is 20.3. The summed E-state index contributed by atoms with van der Waals surface area (Å²) >= 11 is 1.48. The first-order valence-corrected chi connectivity index (χ1v) is 12.0. The fourth-order valence-corrected chi connectivity index (χ4v) is 5.47. The average molecular weight is 476 g/mol. The van der Waals surface area contributed by atoms with Gasteiger partial charge in [-0.1, -0.05) is 35.5 Å². The van der Waals surface area contributed by atoms with E-state index in [0.717, 1.165) is 22.4 Å². The molecule has 2 aromatic carbocycles. The van der Waals surface area contributed by atoms with Gasteiger partial charge in [0.25, 0.3) is 5.56 Å². The third-order valence-electron chi connectivity index (χ3n) is 6.00. The molecule has 4 aromatic rings. The second kappa shape index (κ2) is 8.64. The maximum atomic E-state index is 13.4. The number of nitrogens with zero attached hydrogens (tertiary/aromatic N) is 4. The number of amides is 1. The molecule has 1 aliphatic heterocycles. The second-order valence-corrected chi connectivity index (χ2v) is 9.56. The van der Waals surface area contributed by atoms with Gasteiger partial charge in [0.1, 0.15) is 11.1 Å². The van der Waals surface area contributed by atoms with Gasteiger partial charge in [0.05, 0.1) is 30.7 Å². The van der Waals surface area contributed by atoms with Gasteiger partial charge < -0.3 is 10.1 Å². The van der Waals surface area contributed by atoms with Crippen LogP contribution in [0, 0.1) is 20.8 Å². The molecule has 1 unspecified atom stereocenters. The van der Waals surface area contributed by atoms with E-state index in [2.05, 4.69) is 16.5 Å². The predicted octanol–water partition coefficient (Wildman–Crippen LogP) is 4.19. The zero-order chi connectivity index (χ0) is 24.0. The lowest BCUT2D eigenvalue weighted by Crippen LogP contribution is -2.27. The largest absolute Gasteiger partial charge is 0.495 e. The molecule has 1 aliphatic rings. The summed E-state index contributed by atoms with van der Waals surface area (Å²) in [5, 5.41) is 8.44. The zero-order valence-electron chi connectivity index (χ0n) is 19.5. The minimum absolute atomic E-state index is 0.162. The third kappa shape index (κ3) is 3.86. The van der Waals surface area contributed by atoms with Crippen LogP contribution in [0.1, 0.15) is 29.2 Å². The fourth-order valence-electron chi connectivity index (χ4n) is 4.33. The predicted molar refractivity (Wildman–Crippen MR) is 133 cm³/mol. The van der Waals surface area contributed by atoms with Crippen molar-refractivity contribution in [1.82, 2.24) is 19.3 Å². The number of hydrogen-bond donors (Lipinski definition) is 1. The molecule has 2 aromatic heterocycles. The lowest BCUT2D eigenvalue weighted by molar-refractivity contribution is -0.116. The van der Waals surface area contributed by atoms with Gasteiger partial charge in [-0.25, -0.2) is 9.67 Å². The van der Waals surface area contributed by atoms with E-state index in [9.17, 15) is 9.59 Å². The van der Waals surface area contributed by atoms with Crippen LogP contribution < -0.4 is 15.6 Å². The fraction of sp³-hybridized carbons (Fsp3) is 0.280. The minimum Gasteiger partial charge on any atom is -0.495 e. The van der Waals surface area contributed by atoms with E-state index in [0.29, 0.717) is 33.4 Å². The van der Waals surface area contributed by atoms with Gasteiger partial charge in [0.15, 0.2) is 10.8 Å². The van der Waals surface area contributed by atoms with Crippen molar-refractivity contribution in [3.63, 3.8) is 0 Å². The van der Waals surface area contributed by atoms with Crippen LogP contribution in [0.15, 0.2) is 52.5 Å². The van der Waals surface area contributed by atoms with E-state index < -0.39 is 0 Å². The molecule has 9 heteroatoms. The Kier molecular flexibility index (Phi) is 5.65. The minimum atomic E-state index is -0.287. The SMILES string of the molecule is COc1ccc(C)cc1NC(=O)CC1CSc2nc3c(cnn3-c3ccc(C)cc3C)c(=O)n21. The molecule has 8 nitrogen and oxygen atoms in total. The number of rotatable bonds is 5. The summed E-state index contributed by atoms with van der Waals surface area (Å²) in [6.45, 7) is 6.01. The van der Waals surface area contributed by atoms with Crippen LogP contribution in [0.5, 0.6) is 5.75 Å². The van der Waals surface area contributed by atoms with Crippen molar-refractivity contribution in [2.24, 2.45) is 0 Å². The Balaban J connectivity index is 1.45. The van der Waals surface area contributed by atoms with E-state index >= 15 is 0 Å². The van der Waals surface area contributed by atoms with Crippen LogP contribution in [0.4, 0.5) is 5.69 Å². The van der Waals surface area contributed by atoms with Crippen molar-refractivity contribution in [2.75, 3.05) is 18.2 Å². The number of thioether (sulfide) groups is 1. The Labute approximate surface area is 201 Å². The van der Waals surface area contributed by atoms with Crippen molar-refractivity contribution in [3.8, 4) is 11.4 Å². The van der Waals surface area contributed by atoms with Gasteiger partial charge in [-0.05, 0) is 50.1 Å². The van der Waals surface area contributed by atoms with Crippen molar-refractivity contribution < 1.29 is 9.53 Å².